The summed E-state index contributed by atoms with van der Waals surface area (Å²) in [6, 6.07) is 4.98. The Hall–Kier alpha value is -2.34. The van der Waals surface area contributed by atoms with E-state index in [4.69, 9.17) is 16.3 Å². The first-order chi connectivity index (χ1) is 11.6. The van der Waals surface area contributed by atoms with Crippen molar-refractivity contribution in [1.29, 1.82) is 0 Å². The maximum absolute atomic E-state index is 12.2. The molecule has 1 aliphatic carbocycles. The number of esters is 1. The smallest absolute Gasteiger partial charge is 0.341 e. The molecule has 3 rings (SSSR count). The summed E-state index contributed by atoms with van der Waals surface area (Å²) in [5.41, 5.74) is 2.31. The Morgan fingerprint density at radius 3 is 2.79 bits per heavy atom. The molecule has 0 saturated heterocycles. The van der Waals surface area contributed by atoms with E-state index in [0.29, 0.717) is 28.4 Å². The van der Waals surface area contributed by atoms with Crippen molar-refractivity contribution in [3.63, 3.8) is 0 Å². The van der Waals surface area contributed by atoms with Gasteiger partial charge in [0.15, 0.2) is 0 Å². The van der Waals surface area contributed by atoms with Gasteiger partial charge in [0.1, 0.15) is 5.56 Å². The number of amides is 1. The average Bonchev–Trinajstić information content (AvgIpc) is 3.33. The number of halogens is 1. The van der Waals surface area contributed by atoms with Gasteiger partial charge < -0.3 is 10.1 Å². The normalized spacial score (nSPS) is 13.6. The molecule has 126 valence electrons. The van der Waals surface area contributed by atoms with Gasteiger partial charge in [-0.15, -0.1) is 0 Å². The number of nitrogens with one attached hydrogen (secondary N) is 1. The van der Waals surface area contributed by atoms with Crippen LogP contribution in [-0.4, -0.2) is 35.3 Å². The molecule has 2 aromatic rings. The monoisotopic (exact) mass is 347 g/mol. The Kier molecular flexibility index (Phi) is 4.57. The maximum Gasteiger partial charge on any atom is 0.341 e. The van der Waals surface area contributed by atoms with E-state index >= 15 is 0 Å². The molecular weight excluding hydrogens is 330 g/mol. The van der Waals surface area contributed by atoms with Crippen molar-refractivity contribution in [2.75, 3.05) is 13.7 Å². The Morgan fingerprint density at radius 1 is 1.42 bits per heavy atom. The fourth-order valence-electron chi connectivity index (χ4n) is 2.63. The summed E-state index contributed by atoms with van der Waals surface area (Å²) in [5.74, 6) is -0.338. The number of carbonyl (C=O) groups excluding carboxylic acids is 2. The van der Waals surface area contributed by atoms with E-state index in [1.807, 2.05) is 0 Å². The predicted molar refractivity (Wildman–Crippen MR) is 89.9 cm³/mol. The van der Waals surface area contributed by atoms with Crippen LogP contribution in [-0.2, 0) is 4.74 Å². The Bertz CT molecular complexity index is 796. The van der Waals surface area contributed by atoms with Crippen molar-refractivity contribution in [2.24, 2.45) is 0 Å². The molecule has 1 aromatic heterocycles. The highest BCUT2D eigenvalue weighted by Crippen LogP contribution is 2.43. The zero-order valence-corrected chi connectivity index (χ0v) is 14.3. The third kappa shape index (κ3) is 3.01. The van der Waals surface area contributed by atoms with Crippen molar-refractivity contribution < 1.29 is 14.3 Å². The van der Waals surface area contributed by atoms with Crippen molar-refractivity contribution >= 4 is 23.5 Å². The van der Waals surface area contributed by atoms with Crippen LogP contribution in [0.1, 0.15) is 52.1 Å². The van der Waals surface area contributed by atoms with Crippen LogP contribution in [0.2, 0.25) is 5.02 Å². The fraction of sp³-hybridized carbons (Fsp3) is 0.353. The van der Waals surface area contributed by atoms with Gasteiger partial charge in [-0.2, -0.15) is 5.10 Å². The minimum absolute atomic E-state index is 0.210. The standard InChI is InChI=1S/C17H18ClN3O3/c1-3-24-17(23)12-9-20-21(15(12)10-4-5-10)14-8-11(16(22)19-2)6-7-13(14)18/h6-10H,3-5H2,1-2H3,(H,19,22). The summed E-state index contributed by atoms with van der Waals surface area (Å²) in [6.45, 7) is 2.07. The highest BCUT2D eigenvalue weighted by molar-refractivity contribution is 6.32. The van der Waals surface area contributed by atoms with Gasteiger partial charge in [-0.3, -0.25) is 4.79 Å². The van der Waals surface area contributed by atoms with Gasteiger partial charge >= 0.3 is 5.97 Å². The second-order valence-electron chi connectivity index (χ2n) is 5.60. The lowest BCUT2D eigenvalue weighted by Gasteiger charge is -2.11. The summed E-state index contributed by atoms with van der Waals surface area (Å²) in [7, 11) is 1.57. The van der Waals surface area contributed by atoms with E-state index in [2.05, 4.69) is 10.4 Å². The minimum atomic E-state index is -0.385. The molecule has 0 radical (unpaired) electrons. The van der Waals surface area contributed by atoms with Crippen LogP contribution in [0.5, 0.6) is 0 Å². The summed E-state index contributed by atoms with van der Waals surface area (Å²) in [6.07, 6.45) is 3.49. The Balaban J connectivity index is 2.10. The Labute approximate surface area is 144 Å². The number of aromatic nitrogens is 2. The second-order valence-corrected chi connectivity index (χ2v) is 6.00. The lowest BCUT2D eigenvalue weighted by Crippen LogP contribution is -2.18. The molecule has 1 N–H and O–H groups in total. The van der Waals surface area contributed by atoms with E-state index < -0.39 is 0 Å². The number of ether oxygens (including phenoxy) is 1. The molecule has 1 amide bonds. The predicted octanol–water partition coefficient (Wildman–Crippen LogP) is 2.94. The first-order valence-electron chi connectivity index (χ1n) is 7.83. The number of nitrogens with zero attached hydrogens (tertiary/aromatic N) is 2. The molecule has 6 nitrogen and oxygen atoms in total. The number of hydrogen-bond acceptors (Lipinski definition) is 4. The summed E-state index contributed by atoms with van der Waals surface area (Å²) in [5, 5.41) is 7.38. The van der Waals surface area contributed by atoms with Crippen LogP contribution < -0.4 is 5.32 Å². The molecule has 0 atom stereocenters. The third-order valence-electron chi connectivity index (χ3n) is 3.93. The van der Waals surface area contributed by atoms with Gasteiger partial charge in [0.2, 0.25) is 0 Å². The topological polar surface area (TPSA) is 73.2 Å². The van der Waals surface area contributed by atoms with E-state index in [0.717, 1.165) is 18.5 Å². The number of benzene rings is 1. The summed E-state index contributed by atoms with van der Waals surface area (Å²) >= 11 is 6.32. The quantitative estimate of drug-likeness (QED) is 0.844. The molecule has 1 aromatic carbocycles. The zero-order chi connectivity index (χ0) is 17.3. The van der Waals surface area contributed by atoms with Gasteiger partial charge in [-0.1, -0.05) is 11.6 Å². The third-order valence-corrected chi connectivity index (χ3v) is 4.25. The molecule has 0 aliphatic heterocycles. The molecule has 0 unspecified atom stereocenters. The molecule has 1 fully saturated rings. The SMILES string of the molecule is CCOC(=O)c1cnn(-c2cc(C(=O)NC)ccc2Cl)c1C1CC1. The molecule has 7 heteroatoms. The molecular formula is C17H18ClN3O3. The van der Waals surface area contributed by atoms with Crippen molar-refractivity contribution in [1.82, 2.24) is 15.1 Å². The molecule has 1 aliphatic rings. The van der Waals surface area contributed by atoms with Gasteiger partial charge in [0.05, 0.1) is 29.2 Å². The number of hydrogen-bond donors (Lipinski definition) is 1. The molecule has 0 spiro atoms. The van der Waals surface area contributed by atoms with Crippen molar-refractivity contribution in [3.8, 4) is 5.69 Å². The van der Waals surface area contributed by atoms with E-state index in [1.54, 1.807) is 36.9 Å². The van der Waals surface area contributed by atoms with Gasteiger partial charge in [0, 0.05) is 18.5 Å². The van der Waals surface area contributed by atoms with E-state index in [1.165, 1.54) is 6.20 Å². The molecule has 24 heavy (non-hydrogen) atoms. The van der Waals surface area contributed by atoms with Gasteiger partial charge in [-0.05, 0) is 38.0 Å². The average molecular weight is 348 g/mol. The number of carbonyl (C=O) groups is 2. The van der Waals surface area contributed by atoms with Crippen molar-refractivity contribution in [2.45, 2.75) is 25.7 Å². The van der Waals surface area contributed by atoms with Gasteiger partial charge in [0.25, 0.3) is 5.91 Å². The van der Waals surface area contributed by atoms with Crippen LogP contribution in [0.3, 0.4) is 0 Å². The van der Waals surface area contributed by atoms with Crippen LogP contribution in [0, 0.1) is 0 Å². The van der Waals surface area contributed by atoms with Crippen molar-refractivity contribution in [3.05, 3.63) is 46.2 Å². The van der Waals surface area contributed by atoms with Crippen LogP contribution in [0.4, 0.5) is 0 Å². The first-order valence-corrected chi connectivity index (χ1v) is 8.21. The zero-order valence-electron chi connectivity index (χ0n) is 13.5. The van der Waals surface area contributed by atoms with Gasteiger partial charge in [-0.25, -0.2) is 9.48 Å². The molecule has 1 heterocycles. The molecule has 0 bridgehead atoms. The van der Waals surface area contributed by atoms with E-state index in [-0.39, 0.29) is 17.8 Å². The maximum atomic E-state index is 12.2. The number of rotatable bonds is 5. The largest absolute Gasteiger partial charge is 0.462 e. The fourth-order valence-corrected chi connectivity index (χ4v) is 2.82. The second kappa shape index (κ2) is 6.65. The lowest BCUT2D eigenvalue weighted by atomic mass is 10.1. The van der Waals surface area contributed by atoms with Crippen LogP contribution in [0.15, 0.2) is 24.4 Å². The van der Waals surface area contributed by atoms with Crippen LogP contribution in [0.25, 0.3) is 5.69 Å². The van der Waals surface area contributed by atoms with E-state index in [9.17, 15) is 9.59 Å². The summed E-state index contributed by atoms with van der Waals surface area (Å²) < 4.78 is 6.77. The lowest BCUT2D eigenvalue weighted by molar-refractivity contribution is 0.0525. The minimum Gasteiger partial charge on any atom is -0.462 e. The first kappa shape index (κ1) is 16.5. The highest BCUT2D eigenvalue weighted by Gasteiger charge is 2.34. The molecule has 1 saturated carbocycles. The highest BCUT2D eigenvalue weighted by atomic mass is 35.5. The Morgan fingerprint density at radius 2 is 2.17 bits per heavy atom. The summed E-state index contributed by atoms with van der Waals surface area (Å²) in [4.78, 5) is 24.1. The van der Waals surface area contributed by atoms with Crippen LogP contribution >= 0.6 is 11.6 Å².